The number of phenolic OH excluding ortho intramolecular Hbond substituents is 1. The van der Waals surface area contributed by atoms with Crippen LogP contribution in [0.1, 0.15) is 24.4 Å². The highest BCUT2D eigenvalue weighted by molar-refractivity contribution is 5.28. The minimum absolute atomic E-state index is 0.330. The van der Waals surface area contributed by atoms with Crippen LogP contribution in [0.3, 0.4) is 0 Å². The largest absolute Gasteiger partial charge is 0.508 e. The highest BCUT2D eigenvalue weighted by Gasteiger charge is 2.16. The van der Waals surface area contributed by atoms with Crippen molar-refractivity contribution in [3.05, 3.63) is 29.8 Å². The zero-order chi connectivity index (χ0) is 8.39. The van der Waals surface area contributed by atoms with Crippen molar-refractivity contribution in [1.29, 1.82) is 0 Å². The van der Waals surface area contributed by atoms with E-state index in [1.807, 2.05) is 12.1 Å². The average molecular weight is 162 g/mol. The minimum Gasteiger partial charge on any atom is -0.508 e. The summed E-state index contributed by atoms with van der Waals surface area (Å²) >= 11 is 0. The molecule has 1 aliphatic heterocycles. The first-order valence-corrected chi connectivity index (χ1v) is 4.32. The van der Waals surface area contributed by atoms with E-state index >= 15 is 0 Å². The summed E-state index contributed by atoms with van der Waals surface area (Å²) < 4.78 is 0. The maximum atomic E-state index is 9.07. The number of nitrogens with zero attached hydrogens (tertiary/aromatic N) is 1. The molecule has 1 heterocycles. The summed E-state index contributed by atoms with van der Waals surface area (Å²) in [6, 6.07) is 7.74. The van der Waals surface area contributed by atoms with Gasteiger partial charge in [-0.05, 0) is 30.5 Å². The fourth-order valence-corrected chi connectivity index (χ4v) is 1.59. The molecule has 0 saturated carbocycles. The Morgan fingerprint density at radius 3 is 2.58 bits per heavy atom. The van der Waals surface area contributed by atoms with Gasteiger partial charge in [-0.1, -0.05) is 12.1 Å². The van der Waals surface area contributed by atoms with E-state index in [1.165, 1.54) is 12.0 Å². The summed E-state index contributed by atoms with van der Waals surface area (Å²) in [7, 11) is 0. The van der Waals surface area contributed by atoms with Crippen LogP contribution in [-0.2, 0) is 0 Å². The topological polar surface area (TPSA) is 34.3 Å². The number of benzene rings is 1. The lowest BCUT2D eigenvalue weighted by Crippen LogP contribution is -2.04. The molecule has 1 fully saturated rings. The van der Waals surface area contributed by atoms with Crippen LogP contribution in [0.4, 0.5) is 0 Å². The zero-order valence-electron chi connectivity index (χ0n) is 6.90. The van der Waals surface area contributed by atoms with Crippen LogP contribution >= 0.6 is 0 Å². The maximum Gasteiger partial charge on any atom is 0.115 e. The molecule has 1 aliphatic rings. The van der Waals surface area contributed by atoms with Gasteiger partial charge in [0.05, 0.1) is 0 Å². The first-order valence-electron chi connectivity index (χ1n) is 4.32. The van der Waals surface area contributed by atoms with Gasteiger partial charge in [0, 0.05) is 12.6 Å². The van der Waals surface area contributed by atoms with E-state index in [0.29, 0.717) is 11.8 Å². The molecule has 12 heavy (non-hydrogen) atoms. The van der Waals surface area contributed by atoms with Crippen molar-refractivity contribution in [1.82, 2.24) is 5.32 Å². The van der Waals surface area contributed by atoms with Crippen LogP contribution in [0.5, 0.6) is 5.75 Å². The molecule has 1 atom stereocenters. The van der Waals surface area contributed by atoms with Gasteiger partial charge in [0.15, 0.2) is 0 Å². The number of hydrogen-bond donors (Lipinski definition) is 1. The Balaban J connectivity index is 2.17. The van der Waals surface area contributed by atoms with Crippen molar-refractivity contribution in [2.24, 2.45) is 0 Å². The lowest BCUT2D eigenvalue weighted by Gasteiger charge is -2.07. The summed E-state index contributed by atoms with van der Waals surface area (Å²) in [5, 5.41) is 13.5. The summed E-state index contributed by atoms with van der Waals surface area (Å²) in [5.74, 6) is 0.330. The molecule has 0 amide bonds. The van der Waals surface area contributed by atoms with Gasteiger partial charge in [-0.25, -0.2) is 5.32 Å². The molecular weight excluding hydrogens is 150 g/mol. The Labute approximate surface area is 72.2 Å². The highest BCUT2D eigenvalue weighted by atomic mass is 16.3. The van der Waals surface area contributed by atoms with Crippen LogP contribution in [0.15, 0.2) is 24.3 Å². The number of hydrogen-bond acceptors (Lipinski definition) is 1. The van der Waals surface area contributed by atoms with Gasteiger partial charge < -0.3 is 5.11 Å². The highest BCUT2D eigenvalue weighted by Crippen LogP contribution is 2.25. The lowest BCUT2D eigenvalue weighted by atomic mass is 10.1. The molecule has 1 aromatic rings. The van der Waals surface area contributed by atoms with Gasteiger partial charge in [-0.3, -0.25) is 0 Å². The Bertz CT molecular complexity index is 249. The zero-order valence-corrected chi connectivity index (χ0v) is 6.90. The Kier molecular flexibility index (Phi) is 2.00. The van der Waals surface area contributed by atoms with E-state index in [-0.39, 0.29) is 0 Å². The Hall–Kier alpha value is -1.02. The molecule has 0 aromatic heterocycles. The van der Waals surface area contributed by atoms with Gasteiger partial charge in [0.1, 0.15) is 5.75 Å². The van der Waals surface area contributed by atoms with Crippen molar-refractivity contribution < 1.29 is 5.11 Å². The predicted molar refractivity (Wildman–Crippen MR) is 47.1 cm³/mol. The van der Waals surface area contributed by atoms with E-state index in [4.69, 9.17) is 5.11 Å². The molecule has 1 saturated heterocycles. The maximum absolute atomic E-state index is 9.07. The van der Waals surface area contributed by atoms with Gasteiger partial charge in [-0.15, -0.1) is 0 Å². The monoisotopic (exact) mass is 162 g/mol. The molecule has 2 heteroatoms. The van der Waals surface area contributed by atoms with Crippen molar-refractivity contribution in [3.63, 3.8) is 0 Å². The third-order valence-corrected chi connectivity index (χ3v) is 2.26. The van der Waals surface area contributed by atoms with Gasteiger partial charge in [0.25, 0.3) is 0 Å². The van der Waals surface area contributed by atoms with Crippen molar-refractivity contribution in [2.45, 2.75) is 18.9 Å². The molecular formula is C10H12NO. The third kappa shape index (κ3) is 1.43. The summed E-state index contributed by atoms with van der Waals surface area (Å²) in [6.07, 6.45) is 2.36. The lowest BCUT2D eigenvalue weighted by molar-refractivity contribution is 0.474. The molecule has 1 aromatic carbocycles. The van der Waals surface area contributed by atoms with E-state index < -0.39 is 0 Å². The Morgan fingerprint density at radius 1 is 1.25 bits per heavy atom. The molecule has 0 spiro atoms. The average Bonchev–Trinajstić information content (AvgIpc) is 2.58. The molecule has 1 unspecified atom stereocenters. The Morgan fingerprint density at radius 2 is 2.00 bits per heavy atom. The minimum atomic E-state index is 0.330. The summed E-state index contributed by atoms with van der Waals surface area (Å²) in [5.41, 5.74) is 1.23. The quantitative estimate of drug-likeness (QED) is 0.671. The second kappa shape index (κ2) is 3.15. The SMILES string of the molecule is Oc1ccc(C2CCC[N]2)cc1. The molecule has 0 bridgehead atoms. The van der Waals surface area contributed by atoms with Crippen molar-refractivity contribution in [2.75, 3.05) is 6.54 Å². The van der Waals surface area contributed by atoms with Gasteiger partial charge >= 0.3 is 0 Å². The van der Waals surface area contributed by atoms with Crippen molar-refractivity contribution >= 4 is 0 Å². The summed E-state index contributed by atoms with van der Waals surface area (Å²) in [4.78, 5) is 0. The van der Waals surface area contributed by atoms with Crippen LogP contribution in [0.2, 0.25) is 0 Å². The van der Waals surface area contributed by atoms with Crippen molar-refractivity contribution in [3.8, 4) is 5.75 Å². The van der Waals surface area contributed by atoms with Crippen LogP contribution in [0.25, 0.3) is 0 Å². The second-order valence-electron chi connectivity index (χ2n) is 3.16. The van der Waals surface area contributed by atoms with E-state index in [0.717, 1.165) is 13.0 Å². The molecule has 2 rings (SSSR count). The molecule has 1 N–H and O–H groups in total. The van der Waals surface area contributed by atoms with E-state index in [9.17, 15) is 0 Å². The number of aromatic hydroxyl groups is 1. The van der Waals surface area contributed by atoms with Gasteiger partial charge in [0.2, 0.25) is 0 Å². The normalized spacial score (nSPS) is 22.8. The third-order valence-electron chi connectivity index (χ3n) is 2.26. The smallest absolute Gasteiger partial charge is 0.115 e. The molecule has 63 valence electrons. The predicted octanol–water partition coefficient (Wildman–Crippen LogP) is 1.83. The fourth-order valence-electron chi connectivity index (χ4n) is 1.59. The van der Waals surface area contributed by atoms with Crippen LogP contribution in [-0.4, -0.2) is 11.7 Å². The first kappa shape index (κ1) is 7.62. The fraction of sp³-hybridized carbons (Fsp3) is 0.400. The van der Waals surface area contributed by atoms with E-state index in [2.05, 4.69) is 5.32 Å². The standard InChI is InChI=1S/C10H12NO/c12-9-5-3-8(4-6-9)10-2-1-7-11-10/h3-6,10,12H,1-2,7H2. The van der Waals surface area contributed by atoms with Crippen LogP contribution in [0, 0.1) is 0 Å². The first-order chi connectivity index (χ1) is 5.86. The van der Waals surface area contributed by atoms with Crippen LogP contribution < -0.4 is 5.32 Å². The number of rotatable bonds is 1. The summed E-state index contributed by atoms with van der Waals surface area (Å²) in [6.45, 7) is 0.992. The van der Waals surface area contributed by atoms with E-state index in [1.54, 1.807) is 12.1 Å². The second-order valence-corrected chi connectivity index (χ2v) is 3.16. The molecule has 1 radical (unpaired) electrons. The molecule has 2 nitrogen and oxygen atoms in total. The molecule has 0 aliphatic carbocycles. The van der Waals surface area contributed by atoms with Gasteiger partial charge in [-0.2, -0.15) is 0 Å². The number of phenols is 1.